The second-order valence-electron chi connectivity index (χ2n) is 7.23. The maximum absolute atomic E-state index is 11.8. The fourth-order valence-electron chi connectivity index (χ4n) is 2.89. The van der Waals surface area contributed by atoms with Crippen LogP contribution in [-0.4, -0.2) is 32.4 Å². The van der Waals surface area contributed by atoms with Crippen molar-refractivity contribution in [3.05, 3.63) is 58.1 Å². The summed E-state index contributed by atoms with van der Waals surface area (Å²) in [7, 11) is 0. The Bertz CT molecular complexity index is 1150. The quantitative estimate of drug-likeness (QED) is 0.340. The molecule has 0 saturated carbocycles. The lowest BCUT2D eigenvalue weighted by Crippen LogP contribution is -2.05. The summed E-state index contributed by atoms with van der Waals surface area (Å²) in [6, 6.07) is 6.52. The minimum absolute atomic E-state index is 0.00613. The number of phenols is 1. The van der Waals surface area contributed by atoms with Crippen molar-refractivity contribution in [2.45, 2.75) is 20.3 Å². The second kappa shape index (κ2) is 9.72. The van der Waals surface area contributed by atoms with Crippen molar-refractivity contribution in [1.29, 1.82) is 0 Å². The zero-order chi connectivity index (χ0) is 22.7. The van der Waals surface area contributed by atoms with Gasteiger partial charge in [0.05, 0.1) is 10.7 Å². The van der Waals surface area contributed by atoms with E-state index in [1.54, 1.807) is 24.4 Å². The number of aromatic nitrogens is 2. The number of rotatable bonds is 8. The summed E-state index contributed by atoms with van der Waals surface area (Å²) >= 11 is 8.96. The Kier molecular flexibility index (Phi) is 7.25. The normalized spacial score (nSPS) is 11.0. The van der Waals surface area contributed by atoms with Crippen molar-refractivity contribution in [3.8, 4) is 17.0 Å². The molecule has 9 heteroatoms. The van der Waals surface area contributed by atoms with Crippen molar-refractivity contribution in [2.24, 2.45) is 5.92 Å². The molecule has 3 N–H and O–H groups in total. The van der Waals surface area contributed by atoms with Gasteiger partial charge in [-0.15, -0.1) is 23.1 Å². The SMILES string of the molecule is C=C(SC)c1cnc(Nc2nc(-c3ccc(O)c(Cl)c3)c(CC(C)C)s2)c(C(=O)O)c1. The van der Waals surface area contributed by atoms with Gasteiger partial charge < -0.3 is 15.5 Å². The molecule has 3 rings (SSSR count). The van der Waals surface area contributed by atoms with Crippen molar-refractivity contribution >= 4 is 56.5 Å². The number of thiazole rings is 1. The molecular formula is C22H22ClN3O3S2. The molecule has 0 aliphatic carbocycles. The molecule has 0 fully saturated rings. The van der Waals surface area contributed by atoms with Crippen LogP contribution in [0, 0.1) is 5.92 Å². The first-order valence-electron chi connectivity index (χ1n) is 9.41. The number of benzene rings is 1. The molecule has 0 amide bonds. The Hall–Kier alpha value is -2.55. The first-order chi connectivity index (χ1) is 14.7. The number of aromatic carboxylic acids is 1. The van der Waals surface area contributed by atoms with Crippen LogP contribution in [0.5, 0.6) is 5.75 Å². The second-order valence-corrected chi connectivity index (χ2v) is 9.62. The molecule has 6 nitrogen and oxygen atoms in total. The number of carboxylic acid groups (broad SMARTS) is 1. The van der Waals surface area contributed by atoms with E-state index in [1.807, 2.05) is 6.26 Å². The average Bonchev–Trinajstić information content (AvgIpc) is 3.10. The molecule has 0 radical (unpaired) electrons. The van der Waals surface area contributed by atoms with Crippen LogP contribution in [0.15, 0.2) is 37.0 Å². The predicted molar refractivity (Wildman–Crippen MR) is 130 cm³/mol. The summed E-state index contributed by atoms with van der Waals surface area (Å²) in [6.07, 6.45) is 4.26. The lowest BCUT2D eigenvalue weighted by Gasteiger charge is -2.09. The third-order valence-corrected chi connectivity index (χ3v) is 6.45. The highest BCUT2D eigenvalue weighted by molar-refractivity contribution is 8.07. The van der Waals surface area contributed by atoms with Crippen molar-refractivity contribution in [2.75, 3.05) is 11.6 Å². The topological polar surface area (TPSA) is 95.3 Å². The molecule has 0 saturated heterocycles. The standard InChI is InChI=1S/C22H22ClN3O3S2/c1-11(2)7-18-19(13-5-6-17(27)16(23)9-13)25-22(31-18)26-20-15(21(28)29)8-14(10-24-20)12(3)30-4/h5-6,8-11,27H,3,7H2,1-2,4H3,(H,28,29)(H,24,25,26). The van der Waals surface area contributed by atoms with Crippen molar-refractivity contribution < 1.29 is 15.0 Å². The average molecular weight is 476 g/mol. The van der Waals surface area contributed by atoms with Crippen LogP contribution >= 0.6 is 34.7 Å². The number of pyridine rings is 1. The summed E-state index contributed by atoms with van der Waals surface area (Å²) in [4.78, 5) is 22.6. The van der Waals surface area contributed by atoms with Gasteiger partial charge in [-0.05, 0) is 42.9 Å². The number of carboxylic acids is 1. The van der Waals surface area contributed by atoms with Gasteiger partial charge >= 0.3 is 5.97 Å². The minimum Gasteiger partial charge on any atom is -0.506 e. The number of hydrogen-bond acceptors (Lipinski definition) is 7. The fraction of sp³-hybridized carbons (Fsp3) is 0.227. The van der Waals surface area contributed by atoms with Crippen LogP contribution in [0.2, 0.25) is 5.02 Å². The van der Waals surface area contributed by atoms with E-state index in [-0.39, 0.29) is 22.2 Å². The van der Waals surface area contributed by atoms with Crippen LogP contribution in [0.1, 0.15) is 34.6 Å². The highest BCUT2D eigenvalue weighted by atomic mass is 35.5. The van der Waals surface area contributed by atoms with Crippen molar-refractivity contribution in [3.63, 3.8) is 0 Å². The predicted octanol–water partition coefficient (Wildman–Crippen LogP) is 6.54. The van der Waals surface area contributed by atoms with E-state index in [2.05, 4.69) is 35.7 Å². The highest BCUT2D eigenvalue weighted by Crippen LogP contribution is 2.37. The van der Waals surface area contributed by atoms with E-state index in [0.29, 0.717) is 16.6 Å². The number of nitrogens with zero attached hydrogens (tertiary/aromatic N) is 2. The van der Waals surface area contributed by atoms with E-state index in [9.17, 15) is 15.0 Å². The molecule has 3 aromatic rings. The van der Waals surface area contributed by atoms with Gasteiger partial charge in [0.2, 0.25) is 0 Å². The number of carbonyl (C=O) groups is 1. The maximum Gasteiger partial charge on any atom is 0.339 e. The van der Waals surface area contributed by atoms with E-state index in [1.165, 1.54) is 29.2 Å². The number of hydrogen-bond donors (Lipinski definition) is 3. The van der Waals surface area contributed by atoms with Gasteiger partial charge in [0.15, 0.2) is 5.13 Å². The Morgan fingerprint density at radius 3 is 2.71 bits per heavy atom. The summed E-state index contributed by atoms with van der Waals surface area (Å²) in [5.74, 6) is -0.476. The molecule has 0 bridgehead atoms. The fourth-order valence-corrected chi connectivity index (χ4v) is 4.62. The Morgan fingerprint density at radius 2 is 2.10 bits per heavy atom. The number of aromatic hydroxyl groups is 1. The third kappa shape index (κ3) is 5.39. The number of thioether (sulfide) groups is 1. The number of phenolic OH excluding ortho intramolecular Hbond substituents is 1. The Morgan fingerprint density at radius 1 is 1.35 bits per heavy atom. The summed E-state index contributed by atoms with van der Waals surface area (Å²) in [5, 5.41) is 23.2. The van der Waals surface area contributed by atoms with Gasteiger partial charge in [0.1, 0.15) is 17.1 Å². The molecule has 0 spiro atoms. The highest BCUT2D eigenvalue weighted by Gasteiger charge is 2.19. The van der Waals surface area contributed by atoms with Crippen LogP contribution in [0.3, 0.4) is 0 Å². The molecule has 0 aliphatic heterocycles. The van der Waals surface area contributed by atoms with Gasteiger partial charge in [-0.3, -0.25) is 0 Å². The van der Waals surface area contributed by atoms with Gasteiger partial charge in [-0.25, -0.2) is 14.8 Å². The van der Waals surface area contributed by atoms with Gasteiger partial charge in [0, 0.05) is 27.1 Å². The lowest BCUT2D eigenvalue weighted by atomic mass is 10.0. The minimum atomic E-state index is -1.09. The van der Waals surface area contributed by atoms with Crippen LogP contribution in [-0.2, 0) is 6.42 Å². The molecule has 0 aliphatic rings. The van der Waals surface area contributed by atoms with E-state index < -0.39 is 5.97 Å². The third-order valence-electron chi connectivity index (χ3n) is 4.42. The van der Waals surface area contributed by atoms with Crippen molar-refractivity contribution in [1.82, 2.24) is 9.97 Å². The number of anilines is 2. The molecule has 2 aromatic heterocycles. The maximum atomic E-state index is 11.8. The number of halogens is 1. The Labute approximate surface area is 194 Å². The first-order valence-corrected chi connectivity index (χ1v) is 11.8. The summed E-state index contributed by atoms with van der Waals surface area (Å²) in [5.41, 5.74) is 2.23. The first kappa shape index (κ1) is 23.1. The molecule has 0 atom stereocenters. The zero-order valence-corrected chi connectivity index (χ0v) is 19.7. The molecule has 31 heavy (non-hydrogen) atoms. The van der Waals surface area contributed by atoms with E-state index in [4.69, 9.17) is 11.6 Å². The molecule has 0 unspecified atom stereocenters. The molecule has 162 valence electrons. The molecule has 2 heterocycles. The van der Waals surface area contributed by atoms with Crippen LogP contribution in [0.25, 0.3) is 16.2 Å². The molecular weight excluding hydrogens is 454 g/mol. The van der Waals surface area contributed by atoms with Gasteiger partial charge in [-0.1, -0.05) is 32.0 Å². The van der Waals surface area contributed by atoms with Crippen LogP contribution < -0.4 is 5.32 Å². The molecule has 1 aromatic carbocycles. The zero-order valence-electron chi connectivity index (χ0n) is 17.3. The lowest BCUT2D eigenvalue weighted by molar-refractivity contribution is 0.0697. The van der Waals surface area contributed by atoms with E-state index >= 15 is 0 Å². The smallest absolute Gasteiger partial charge is 0.339 e. The van der Waals surface area contributed by atoms with E-state index in [0.717, 1.165) is 27.5 Å². The van der Waals surface area contributed by atoms with Gasteiger partial charge in [0.25, 0.3) is 0 Å². The largest absolute Gasteiger partial charge is 0.506 e. The summed E-state index contributed by atoms with van der Waals surface area (Å²) < 4.78 is 0. The monoisotopic (exact) mass is 475 g/mol. The van der Waals surface area contributed by atoms with Crippen LogP contribution in [0.4, 0.5) is 10.9 Å². The number of nitrogens with one attached hydrogen (secondary N) is 1. The Balaban J connectivity index is 2.02. The summed E-state index contributed by atoms with van der Waals surface area (Å²) in [6.45, 7) is 8.14. The van der Waals surface area contributed by atoms with Gasteiger partial charge in [-0.2, -0.15) is 0 Å².